The number of carbonyl (C=O) groups is 1. The van der Waals surface area contributed by atoms with Gasteiger partial charge in [-0.3, -0.25) is 0 Å². The summed E-state index contributed by atoms with van der Waals surface area (Å²) in [5.41, 5.74) is 1.56. The third-order valence-corrected chi connectivity index (χ3v) is 2.90. The van der Waals surface area contributed by atoms with Crippen molar-refractivity contribution in [1.29, 1.82) is 0 Å². The second kappa shape index (κ2) is 5.44. The molecule has 4 heteroatoms. The van der Waals surface area contributed by atoms with Crippen LogP contribution in [0.4, 0.5) is 0 Å². The number of rotatable bonds is 4. The molecule has 0 heterocycles. The van der Waals surface area contributed by atoms with Crippen LogP contribution < -0.4 is 4.74 Å². The van der Waals surface area contributed by atoms with Crippen LogP contribution in [0.25, 0.3) is 0 Å². The highest BCUT2D eigenvalue weighted by molar-refractivity contribution is 5.91. The van der Waals surface area contributed by atoms with Crippen molar-refractivity contribution >= 4 is 5.97 Å². The zero-order chi connectivity index (χ0) is 13.8. The van der Waals surface area contributed by atoms with Gasteiger partial charge >= 0.3 is 5.97 Å². The van der Waals surface area contributed by atoms with Crippen molar-refractivity contribution < 1.29 is 19.7 Å². The Balaban J connectivity index is 2.52. The minimum absolute atomic E-state index is 0.0570. The van der Waals surface area contributed by atoms with Crippen molar-refractivity contribution in [2.24, 2.45) is 0 Å². The maximum Gasteiger partial charge on any atom is 0.336 e. The van der Waals surface area contributed by atoms with Gasteiger partial charge in [0.25, 0.3) is 0 Å². The summed E-state index contributed by atoms with van der Waals surface area (Å²) in [4.78, 5) is 11.3. The smallest absolute Gasteiger partial charge is 0.336 e. The molecule has 0 spiro atoms. The molecule has 0 unspecified atom stereocenters. The lowest BCUT2D eigenvalue weighted by molar-refractivity contribution is 0.0695. The fraction of sp³-hybridized carbons (Fsp3) is 0.133. The average Bonchev–Trinajstić information content (AvgIpc) is 2.40. The molecule has 0 aromatic heterocycles. The molecule has 0 aliphatic rings. The topological polar surface area (TPSA) is 66.8 Å². The lowest BCUT2D eigenvalue weighted by atomic mass is 9.98. The molecule has 0 aliphatic heterocycles. The van der Waals surface area contributed by atoms with Crippen LogP contribution in [0, 0.1) is 0 Å². The van der Waals surface area contributed by atoms with Crippen LogP contribution in [-0.4, -0.2) is 23.3 Å². The van der Waals surface area contributed by atoms with Crippen molar-refractivity contribution in [2.75, 3.05) is 7.11 Å². The summed E-state index contributed by atoms with van der Waals surface area (Å²) in [6.07, 6.45) is 0.389. The number of aromatic carboxylic acids is 1. The number of ether oxygens (including phenoxy) is 1. The van der Waals surface area contributed by atoms with E-state index in [4.69, 9.17) is 4.74 Å². The van der Waals surface area contributed by atoms with Gasteiger partial charge in [-0.1, -0.05) is 30.3 Å². The van der Waals surface area contributed by atoms with Gasteiger partial charge in [0.15, 0.2) is 11.5 Å². The van der Waals surface area contributed by atoms with Gasteiger partial charge in [0, 0.05) is 12.0 Å². The molecule has 0 radical (unpaired) electrons. The van der Waals surface area contributed by atoms with Crippen LogP contribution in [0.3, 0.4) is 0 Å². The summed E-state index contributed by atoms with van der Waals surface area (Å²) < 4.78 is 5.13. The molecule has 2 aromatic rings. The largest absolute Gasteiger partial charge is 0.504 e. The van der Waals surface area contributed by atoms with E-state index in [0.717, 1.165) is 5.56 Å². The normalized spacial score (nSPS) is 10.2. The maximum absolute atomic E-state index is 11.3. The molecule has 0 saturated heterocycles. The number of hydrogen-bond acceptors (Lipinski definition) is 3. The first-order valence-corrected chi connectivity index (χ1v) is 5.79. The van der Waals surface area contributed by atoms with Crippen LogP contribution in [0.1, 0.15) is 21.5 Å². The van der Waals surface area contributed by atoms with Crippen molar-refractivity contribution in [3.63, 3.8) is 0 Å². The summed E-state index contributed by atoms with van der Waals surface area (Å²) in [5, 5.41) is 19.0. The van der Waals surface area contributed by atoms with Gasteiger partial charge in [0.05, 0.1) is 12.7 Å². The number of phenols is 1. The van der Waals surface area contributed by atoms with Gasteiger partial charge in [-0.05, 0) is 17.7 Å². The van der Waals surface area contributed by atoms with Crippen molar-refractivity contribution in [1.82, 2.24) is 0 Å². The van der Waals surface area contributed by atoms with Gasteiger partial charge in [-0.15, -0.1) is 0 Å². The molecular formula is C15H14O4. The molecule has 0 atom stereocenters. The summed E-state index contributed by atoms with van der Waals surface area (Å²) in [7, 11) is 1.41. The Morgan fingerprint density at radius 1 is 1.16 bits per heavy atom. The molecule has 2 aromatic carbocycles. The number of carboxylic acids is 1. The fourth-order valence-corrected chi connectivity index (χ4v) is 2.02. The molecule has 19 heavy (non-hydrogen) atoms. The van der Waals surface area contributed by atoms with Crippen LogP contribution in [0.5, 0.6) is 11.5 Å². The first-order valence-electron chi connectivity index (χ1n) is 5.79. The van der Waals surface area contributed by atoms with Crippen molar-refractivity contribution in [3.8, 4) is 11.5 Å². The number of aromatic hydroxyl groups is 1. The number of methoxy groups -OCH3 is 1. The molecule has 2 N–H and O–H groups in total. The Hall–Kier alpha value is -2.49. The zero-order valence-corrected chi connectivity index (χ0v) is 10.5. The Morgan fingerprint density at radius 2 is 1.84 bits per heavy atom. The second-order valence-corrected chi connectivity index (χ2v) is 4.11. The number of hydrogen-bond donors (Lipinski definition) is 2. The lowest BCUT2D eigenvalue weighted by Gasteiger charge is -2.13. The van der Waals surface area contributed by atoms with Gasteiger partial charge in [0.2, 0.25) is 0 Å². The van der Waals surface area contributed by atoms with Crippen LogP contribution in [-0.2, 0) is 6.42 Å². The van der Waals surface area contributed by atoms with Gasteiger partial charge in [-0.2, -0.15) is 0 Å². The standard InChI is InChI=1S/C15H14O4/c1-19-14-12(9-10-5-3-2-4-6-10)11(15(17)18)7-8-13(14)16/h2-8,16H,9H2,1H3,(H,17,18). The fourth-order valence-electron chi connectivity index (χ4n) is 2.02. The van der Waals surface area contributed by atoms with E-state index >= 15 is 0 Å². The second-order valence-electron chi connectivity index (χ2n) is 4.11. The molecular weight excluding hydrogens is 244 g/mol. The molecule has 0 aliphatic carbocycles. The summed E-state index contributed by atoms with van der Waals surface area (Å²) in [5.74, 6) is -0.883. The highest BCUT2D eigenvalue weighted by atomic mass is 16.5. The minimum atomic E-state index is -1.04. The monoisotopic (exact) mass is 258 g/mol. The number of benzene rings is 2. The van der Waals surface area contributed by atoms with E-state index in [1.54, 1.807) is 0 Å². The van der Waals surface area contributed by atoms with E-state index < -0.39 is 5.97 Å². The van der Waals surface area contributed by atoms with E-state index in [2.05, 4.69) is 0 Å². The van der Waals surface area contributed by atoms with E-state index in [1.807, 2.05) is 30.3 Å². The molecule has 2 rings (SSSR count). The number of carboxylic acid groups (broad SMARTS) is 1. The van der Waals surface area contributed by atoms with E-state index in [1.165, 1.54) is 19.2 Å². The minimum Gasteiger partial charge on any atom is -0.504 e. The Kier molecular flexibility index (Phi) is 3.71. The van der Waals surface area contributed by atoms with Crippen LogP contribution in [0.15, 0.2) is 42.5 Å². The molecule has 4 nitrogen and oxygen atoms in total. The van der Waals surface area contributed by atoms with Crippen LogP contribution in [0.2, 0.25) is 0 Å². The Bertz CT molecular complexity index is 591. The lowest BCUT2D eigenvalue weighted by Crippen LogP contribution is -2.05. The predicted octanol–water partition coefficient (Wildman–Crippen LogP) is 2.69. The summed E-state index contributed by atoms with van der Waals surface area (Å²) in [6, 6.07) is 12.2. The molecule has 0 amide bonds. The maximum atomic E-state index is 11.3. The van der Waals surface area contributed by atoms with Gasteiger partial charge in [0.1, 0.15) is 0 Å². The van der Waals surface area contributed by atoms with Crippen molar-refractivity contribution in [3.05, 3.63) is 59.2 Å². The Labute approximate surface area is 110 Å². The van der Waals surface area contributed by atoms with Crippen molar-refractivity contribution in [2.45, 2.75) is 6.42 Å². The summed E-state index contributed by atoms with van der Waals surface area (Å²) in [6.45, 7) is 0. The Morgan fingerprint density at radius 3 is 2.42 bits per heavy atom. The first-order chi connectivity index (χ1) is 9.13. The van der Waals surface area contributed by atoms with E-state index in [0.29, 0.717) is 12.0 Å². The third kappa shape index (κ3) is 2.68. The highest BCUT2D eigenvalue weighted by Gasteiger charge is 2.18. The van der Waals surface area contributed by atoms with Crippen LogP contribution >= 0.6 is 0 Å². The quantitative estimate of drug-likeness (QED) is 0.884. The molecule has 98 valence electrons. The van der Waals surface area contributed by atoms with Gasteiger partial charge in [-0.25, -0.2) is 4.79 Å². The number of phenolic OH excluding ortho intramolecular Hbond substituents is 1. The zero-order valence-electron chi connectivity index (χ0n) is 10.5. The van der Waals surface area contributed by atoms with Gasteiger partial charge < -0.3 is 14.9 Å². The molecule has 0 saturated carbocycles. The predicted molar refractivity (Wildman–Crippen MR) is 70.9 cm³/mol. The SMILES string of the molecule is COc1c(O)ccc(C(=O)O)c1Cc1ccccc1. The van der Waals surface area contributed by atoms with E-state index in [9.17, 15) is 15.0 Å². The molecule has 0 fully saturated rings. The van der Waals surface area contributed by atoms with E-state index in [-0.39, 0.29) is 17.1 Å². The highest BCUT2D eigenvalue weighted by Crippen LogP contribution is 2.34. The first kappa shape index (κ1) is 13.0. The average molecular weight is 258 g/mol. The third-order valence-electron chi connectivity index (χ3n) is 2.90. The molecule has 0 bridgehead atoms. The summed E-state index contributed by atoms with van der Waals surface area (Å²) >= 11 is 0.